The van der Waals surface area contributed by atoms with Crippen molar-refractivity contribution in [1.82, 2.24) is 0 Å². The fourth-order valence-corrected chi connectivity index (χ4v) is 7.15. The summed E-state index contributed by atoms with van der Waals surface area (Å²) in [5.74, 6) is 0.0147. The van der Waals surface area contributed by atoms with Crippen LogP contribution in [0.5, 0.6) is 0 Å². The van der Waals surface area contributed by atoms with Gasteiger partial charge in [-0.3, -0.25) is 4.18 Å². The van der Waals surface area contributed by atoms with Crippen LogP contribution in [0.25, 0.3) is 0 Å². The van der Waals surface area contributed by atoms with Gasteiger partial charge in [-0.25, -0.2) is 8.42 Å². The molecular weight excluding hydrogens is 624 g/mol. The normalized spacial score (nSPS) is 12.6. The van der Waals surface area contributed by atoms with E-state index < -0.39 is 10.4 Å². The largest absolute Gasteiger partial charge is 1.00 e. The van der Waals surface area contributed by atoms with Crippen LogP contribution in [0.1, 0.15) is 245 Å². The SMILES string of the molecule is CCCCCCCCCCCCCCCCCCC/C=C/C(CCCCCCCCCCCCCCCCCCC)COS(=O)(=O)[O-].[Na+]. The molecule has 0 rings (SSSR count). The molecule has 0 heterocycles. The molecule has 1 atom stereocenters. The minimum absolute atomic E-state index is 0. The Balaban J connectivity index is 0. The first-order valence-corrected chi connectivity index (χ1v) is 22.6. The summed E-state index contributed by atoms with van der Waals surface area (Å²) in [7, 11) is -4.63. The molecule has 282 valence electrons. The quantitative estimate of drug-likeness (QED) is 0.0209. The van der Waals surface area contributed by atoms with Crippen molar-refractivity contribution < 1.29 is 46.7 Å². The predicted octanol–water partition coefficient (Wildman–Crippen LogP) is 11.7. The third-order valence-electron chi connectivity index (χ3n) is 9.99. The van der Waals surface area contributed by atoms with Crippen molar-refractivity contribution in [2.24, 2.45) is 5.92 Å². The first-order valence-electron chi connectivity index (χ1n) is 21.3. The van der Waals surface area contributed by atoms with Gasteiger partial charge in [0.1, 0.15) is 0 Å². The van der Waals surface area contributed by atoms with Gasteiger partial charge in [0, 0.05) is 5.92 Å². The molecule has 0 N–H and O–H groups in total. The Bertz CT molecular complexity index is 727. The first kappa shape index (κ1) is 50.7. The van der Waals surface area contributed by atoms with E-state index in [4.69, 9.17) is 0 Å². The Kier molecular flexibility index (Phi) is 44.4. The molecule has 0 aromatic carbocycles. The number of unbranched alkanes of at least 4 members (excludes halogenated alkanes) is 33. The molecule has 6 heteroatoms. The smallest absolute Gasteiger partial charge is 0.726 e. The maximum absolute atomic E-state index is 11.0. The van der Waals surface area contributed by atoms with Crippen molar-refractivity contribution in [2.45, 2.75) is 245 Å². The standard InChI is InChI=1S/C42H84O4S.Na/c1-3-5-7-9-11-13-15-17-19-21-22-24-26-28-30-32-34-36-38-40-42(41-46-47(43,44)45)39-37-35-33-31-29-27-25-23-20-18-16-14-12-10-8-6-4-2;/h38,40,42H,3-37,39,41H2,1-2H3,(H,43,44,45);/q;+1/p-1/b40-38+;. The molecule has 0 radical (unpaired) electrons. The molecule has 0 aromatic rings. The second kappa shape index (κ2) is 42.0. The van der Waals surface area contributed by atoms with Crippen molar-refractivity contribution in [3.63, 3.8) is 0 Å². The molecule has 0 fully saturated rings. The summed E-state index contributed by atoms with van der Waals surface area (Å²) in [6.45, 7) is 4.55. The third kappa shape index (κ3) is 44.6. The molecular formula is C42H83NaO4S. The zero-order valence-corrected chi connectivity index (χ0v) is 35.8. The fourth-order valence-electron chi connectivity index (χ4n) is 6.81. The number of hydrogen-bond donors (Lipinski definition) is 0. The molecule has 0 aromatic heterocycles. The van der Waals surface area contributed by atoms with E-state index in [-0.39, 0.29) is 42.1 Å². The Labute approximate surface area is 324 Å². The minimum atomic E-state index is -4.63. The number of hydrogen-bond acceptors (Lipinski definition) is 4. The van der Waals surface area contributed by atoms with Gasteiger partial charge in [0.2, 0.25) is 10.4 Å². The second-order valence-corrected chi connectivity index (χ2v) is 15.8. The van der Waals surface area contributed by atoms with Gasteiger partial charge >= 0.3 is 29.6 Å². The van der Waals surface area contributed by atoms with Gasteiger partial charge in [-0.2, -0.15) is 0 Å². The van der Waals surface area contributed by atoms with Crippen molar-refractivity contribution >= 4 is 10.4 Å². The summed E-state index contributed by atoms with van der Waals surface area (Å²) in [5, 5.41) is 0. The van der Waals surface area contributed by atoms with Crippen LogP contribution < -0.4 is 29.6 Å². The summed E-state index contributed by atoms with van der Waals surface area (Å²) in [6, 6.07) is 0. The van der Waals surface area contributed by atoms with E-state index in [9.17, 15) is 13.0 Å². The third-order valence-corrected chi connectivity index (χ3v) is 10.4. The first-order chi connectivity index (χ1) is 23.0. The van der Waals surface area contributed by atoms with Crippen molar-refractivity contribution in [3.05, 3.63) is 12.2 Å². The molecule has 1 unspecified atom stereocenters. The molecule has 0 bridgehead atoms. The van der Waals surface area contributed by atoms with Gasteiger partial charge in [0.25, 0.3) is 0 Å². The van der Waals surface area contributed by atoms with Crippen LogP contribution in [0.3, 0.4) is 0 Å². The summed E-state index contributed by atoms with van der Waals surface area (Å²) < 4.78 is 37.7. The fraction of sp³-hybridized carbons (Fsp3) is 0.952. The van der Waals surface area contributed by atoms with Crippen LogP contribution in [0.15, 0.2) is 12.2 Å². The summed E-state index contributed by atoms with van der Waals surface area (Å²) in [5.41, 5.74) is 0. The van der Waals surface area contributed by atoms with Gasteiger partial charge in [-0.05, 0) is 19.3 Å². The average Bonchev–Trinajstić information content (AvgIpc) is 3.05. The van der Waals surface area contributed by atoms with Gasteiger partial charge < -0.3 is 4.55 Å². The number of rotatable bonds is 40. The van der Waals surface area contributed by atoms with Crippen molar-refractivity contribution in [3.8, 4) is 0 Å². The van der Waals surface area contributed by atoms with E-state index in [1.165, 1.54) is 212 Å². The van der Waals surface area contributed by atoms with Gasteiger partial charge in [0.05, 0.1) is 6.61 Å². The summed E-state index contributed by atoms with van der Waals surface area (Å²) >= 11 is 0. The van der Waals surface area contributed by atoms with E-state index in [0.717, 1.165) is 19.3 Å². The Hall–Kier alpha value is 0.610. The Morgan fingerprint density at radius 3 is 1.02 bits per heavy atom. The molecule has 0 spiro atoms. The van der Waals surface area contributed by atoms with Crippen LogP contribution >= 0.6 is 0 Å². The van der Waals surface area contributed by atoms with E-state index in [1.807, 2.05) is 0 Å². The molecule has 0 saturated heterocycles. The van der Waals surface area contributed by atoms with Crippen LogP contribution in [0.4, 0.5) is 0 Å². The molecule has 48 heavy (non-hydrogen) atoms. The van der Waals surface area contributed by atoms with E-state index in [1.54, 1.807) is 0 Å². The van der Waals surface area contributed by atoms with E-state index >= 15 is 0 Å². The van der Waals surface area contributed by atoms with Gasteiger partial charge in [-0.15, -0.1) is 0 Å². The molecule has 4 nitrogen and oxygen atoms in total. The monoisotopic (exact) mass is 707 g/mol. The topological polar surface area (TPSA) is 66.4 Å². The van der Waals surface area contributed by atoms with Crippen molar-refractivity contribution in [2.75, 3.05) is 6.61 Å². The van der Waals surface area contributed by atoms with Gasteiger partial charge in [0.15, 0.2) is 0 Å². The Morgan fingerprint density at radius 2 is 0.729 bits per heavy atom. The van der Waals surface area contributed by atoms with Crippen LogP contribution in [0, 0.1) is 5.92 Å². The van der Waals surface area contributed by atoms with Crippen LogP contribution in [-0.4, -0.2) is 19.6 Å². The molecule has 0 aliphatic carbocycles. The van der Waals surface area contributed by atoms with E-state index in [2.05, 4.69) is 30.2 Å². The average molecular weight is 707 g/mol. The summed E-state index contributed by atoms with van der Waals surface area (Å²) in [4.78, 5) is 0. The molecule has 0 saturated carbocycles. The van der Waals surface area contributed by atoms with Crippen molar-refractivity contribution in [1.29, 1.82) is 0 Å². The van der Waals surface area contributed by atoms with Crippen LogP contribution in [-0.2, 0) is 14.6 Å². The van der Waals surface area contributed by atoms with Crippen LogP contribution in [0.2, 0.25) is 0 Å². The minimum Gasteiger partial charge on any atom is -0.726 e. The molecule has 0 amide bonds. The second-order valence-electron chi connectivity index (χ2n) is 14.8. The van der Waals surface area contributed by atoms with Gasteiger partial charge in [-0.1, -0.05) is 238 Å². The maximum atomic E-state index is 11.0. The molecule has 0 aliphatic rings. The zero-order chi connectivity index (χ0) is 34.4. The number of allylic oxidation sites excluding steroid dienone is 1. The predicted molar refractivity (Wildman–Crippen MR) is 206 cm³/mol. The summed E-state index contributed by atoms with van der Waals surface area (Å²) in [6.07, 6.45) is 52.6. The van der Waals surface area contributed by atoms with E-state index in [0.29, 0.717) is 0 Å². The zero-order valence-electron chi connectivity index (χ0n) is 32.9. The molecule has 0 aliphatic heterocycles. The maximum Gasteiger partial charge on any atom is 1.00 e. The Morgan fingerprint density at radius 1 is 0.458 bits per heavy atom.